The standard InChI is InChI=1S/C28H26BrN3O3/c1-2-35-28(34)25-19-26(21-10-14-23(29)15-11-21)32(31-25)24-16-12-22(13-17-24)27(33)30-18-6-9-20-7-4-3-5-8-20/h3-5,7-8,10-17,19H,2,6,9,18H2,1H3,(H,30,33). The van der Waals surface area contributed by atoms with Crippen molar-refractivity contribution in [2.75, 3.05) is 13.2 Å². The molecule has 6 nitrogen and oxygen atoms in total. The molecule has 1 aromatic heterocycles. The summed E-state index contributed by atoms with van der Waals surface area (Å²) in [4.78, 5) is 24.9. The molecule has 1 heterocycles. The average molecular weight is 532 g/mol. The minimum atomic E-state index is -0.476. The number of ether oxygens (including phenoxy) is 1. The number of hydrogen-bond acceptors (Lipinski definition) is 4. The maximum Gasteiger partial charge on any atom is 0.358 e. The van der Waals surface area contributed by atoms with Gasteiger partial charge in [-0.2, -0.15) is 5.10 Å². The molecule has 35 heavy (non-hydrogen) atoms. The van der Waals surface area contributed by atoms with Gasteiger partial charge in [0.2, 0.25) is 0 Å². The molecular weight excluding hydrogens is 506 g/mol. The number of hydrogen-bond donors (Lipinski definition) is 1. The molecule has 0 aliphatic heterocycles. The first-order valence-corrected chi connectivity index (χ1v) is 12.3. The van der Waals surface area contributed by atoms with Gasteiger partial charge in [0.15, 0.2) is 5.69 Å². The summed E-state index contributed by atoms with van der Waals surface area (Å²) in [7, 11) is 0. The molecule has 0 aliphatic rings. The predicted molar refractivity (Wildman–Crippen MR) is 140 cm³/mol. The zero-order valence-corrected chi connectivity index (χ0v) is 21.0. The number of amides is 1. The van der Waals surface area contributed by atoms with E-state index < -0.39 is 5.97 Å². The number of carbonyl (C=O) groups excluding carboxylic acids is 2. The molecule has 0 saturated heterocycles. The molecule has 4 aromatic rings. The molecule has 0 saturated carbocycles. The molecular formula is C28H26BrN3O3. The summed E-state index contributed by atoms with van der Waals surface area (Å²) in [5.74, 6) is -0.596. The number of nitrogens with zero attached hydrogens (tertiary/aromatic N) is 2. The molecule has 3 aromatic carbocycles. The number of rotatable bonds is 9. The van der Waals surface area contributed by atoms with E-state index in [1.165, 1.54) is 5.56 Å². The molecule has 0 unspecified atom stereocenters. The summed E-state index contributed by atoms with van der Waals surface area (Å²) in [5.41, 5.74) is 4.43. The average Bonchev–Trinajstić information content (AvgIpc) is 3.33. The fourth-order valence-corrected chi connectivity index (χ4v) is 3.97. The van der Waals surface area contributed by atoms with Crippen LogP contribution in [-0.2, 0) is 11.2 Å². The molecule has 7 heteroatoms. The number of esters is 1. The van der Waals surface area contributed by atoms with Crippen molar-refractivity contribution >= 4 is 27.8 Å². The zero-order chi connectivity index (χ0) is 24.6. The third kappa shape index (κ3) is 6.25. The van der Waals surface area contributed by atoms with Crippen LogP contribution in [0, 0.1) is 0 Å². The van der Waals surface area contributed by atoms with Gasteiger partial charge in [-0.3, -0.25) is 4.79 Å². The van der Waals surface area contributed by atoms with Crippen LogP contribution in [0.1, 0.15) is 39.8 Å². The van der Waals surface area contributed by atoms with E-state index in [9.17, 15) is 9.59 Å². The van der Waals surface area contributed by atoms with Crippen molar-refractivity contribution in [2.45, 2.75) is 19.8 Å². The van der Waals surface area contributed by atoms with Gasteiger partial charge < -0.3 is 10.1 Å². The molecule has 0 bridgehead atoms. The first kappa shape index (κ1) is 24.4. The number of carbonyl (C=O) groups is 2. The van der Waals surface area contributed by atoms with Crippen molar-refractivity contribution in [3.05, 3.63) is 106 Å². The van der Waals surface area contributed by atoms with Gasteiger partial charge in [-0.1, -0.05) is 58.4 Å². The first-order valence-electron chi connectivity index (χ1n) is 11.5. The second-order valence-electron chi connectivity index (χ2n) is 7.95. The van der Waals surface area contributed by atoms with Crippen LogP contribution in [0.3, 0.4) is 0 Å². The van der Waals surface area contributed by atoms with Gasteiger partial charge in [0.05, 0.1) is 18.0 Å². The molecule has 0 radical (unpaired) electrons. The van der Waals surface area contributed by atoms with E-state index in [4.69, 9.17) is 4.74 Å². The maximum absolute atomic E-state index is 12.6. The van der Waals surface area contributed by atoms with Gasteiger partial charge in [0.25, 0.3) is 5.91 Å². The van der Waals surface area contributed by atoms with Gasteiger partial charge in [-0.05, 0) is 67.8 Å². The quantitative estimate of drug-likeness (QED) is 0.217. The van der Waals surface area contributed by atoms with Crippen LogP contribution in [0.15, 0.2) is 89.4 Å². The third-order valence-corrected chi connectivity index (χ3v) is 6.01. The lowest BCUT2D eigenvalue weighted by Gasteiger charge is -2.09. The van der Waals surface area contributed by atoms with Crippen LogP contribution in [0.25, 0.3) is 16.9 Å². The van der Waals surface area contributed by atoms with E-state index in [2.05, 4.69) is 38.5 Å². The Morgan fingerprint density at radius 1 is 0.971 bits per heavy atom. The lowest BCUT2D eigenvalue weighted by Crippen LogP contribution is -2.24. The fourth-order valence-electron chi connectivity index (χ4n) is 3.70. The van der Waals surface area contributed by atoms with Crippen molar-refractivity contribution in [1.82, 2.24) is 15.1 Å². The smallest absolute Gasteiger partial charge is 0.358 e. The summed E-state index contributed by atoms with van der Waals surface area (Å²) in [5, 5.41) is 7.47. The maximum atomic E-state index is 12.6. The first-order chi connectivity index (χ1) is 17.0. The van der Waals surface area contributed by atoms with Crippen LogP contribution in [0.2, 0.25) is 0 Å². The second kappa shape index (κ2) is 11.6. The highest BCUT2D eigenvalue weighted by atomic mass is 79.9. The number of nitrogens with one attached hydrogen (secondary N) is 1. The van der Waals surface area contributed by atoms with Crippen LogP contribution in [-0.4, -0.2) is 34.8 Å². The molecule has 0 spiro atoms. The SMILES string of the molecule is CCOC(=O)c1cc(-c2ccc(Br)cc2)n(-c2ccc(C(=O)NCCCc3ccccc3)cc2)n1. The summed E-state index contributed by atoms with van der Waals surface area (Å²) in [6.07, 6.45) is 1.79. The Morgan fingerprint density at radius 2 is 1.69 bits per heavy atom. The van der Waals surface area contributed by atoms with E-state index in [-0.39, 0.29) is 18.2 Å². The highest BCUT2D eigenvalue weighted by molar-refractivity contribution is 9.10. The van der Waals surface area contributed by atoms with Gasteiger partial charge in [0.1, 0.15) is 0 Å². The van der Waals surface area contributed by atoms with Gasteiger partial charge in [-0.15, -0.1) is 0 Å². The molecule has 0 fully saturated rings. The van der Waals surface area contributed by atoms with Gasteiger partial charge in [-0.25, -0.2) is 9.48 Å². The number of halogens is 1. The van der Waals surface area contributed by atoms with Crippen LogP contribution in [0.5, 0.6) is 0 Å². The topological polar surface area (TPSA) is 73.2 Å². The molecule has 1 N–H and O–H groups in total. The van der Waals surface area contributed by atoms with E-state index in [0.29, 0.717) is 12.1 Å². The minimum absolute atomic E-state index is 0.120. The van der Waals surface area contributed by atoms with Crippen molar-refractivity contribution < 1.29 is 14.3 Å². The van der Waals surface area contributed by atoms with Crippen LogP contribution in [0.4, 0.5) is 0 Å². The molecule has 4 rings (SSSR count). The molecule has 1 amide bonds. The van der Waals surface area contributed by atoms with E-state index in [1.807, 2.05) is 54.6 Å². The van der Waals surface area contributed by atoms with Crippen LogP contribution >= 0.6 is 15.9 Å². The number of aryl methyl sites for hydroxylation is 1. The third-order valence-electron chi connectivity index (χ3n) is 5.48. The monoisotopic (exact) mass is 531 g/mol. The predicted octanol–water partition coefficient (Wildman–Crippen LogP) is 5.84. The van der Waals surface area contributed by atoms with Crippen LogP contribution < -0.4 is 5.32 Å². The molecule has 0 aliphatic carbocycles. The Kier molecular flexibility index (Phi) is 8.11. The highest BCUT2D eigenvalue weighted by Crippen LogP contribution is 2.26. The Labute approximate surface area is 213 Å². The largest absolute Gasteiger partial charge is 0.461 e. The zero-order valence-electron chi connectivity index (χ0n) is 19.4. The van der Waals surface area contributed by atoms with Crippen molar-refractivity contribution in [3.8, 4) is 16.9 Å². The lowest BCUT2D eigenvalue weighted by atomic mass is 10.1. The number of aromatic nitrogens is 2. The van der Waals surface area contributed by atoms with E-state index >= 15 is 0 Å². The van der Waals surface area contributed by atoms with Crippen molar-refractivity contribution in [1.29, 1.82) is 0 Å². The van der Waals surface area contributed by atoms with Crippen molar-refractivity contribution in [2.24, 2.45) is 0 Å². The van der Waals surface area contributed by atoms with Gasteiger partial charge in [0, 0.05) is 22.1 Å². The number of benzene rings is 3. The summed E-state index contributed by atoms with van der Waals surface area (Å²) in [6.45, 7) is 2.63. The second-order valence-corrected chi connectivity index (χ2v) is 8.86. The van der Waals surface area contributed by atoms with Crippen molar-refractivity contribution in [3.63, 3.8) is 0 Å². The normalized spacial score (nSPS) is 10.7. The summed E-state index contributed by atoms with van der Waals surface area (Å²) >= 11 is 3.45. The summed E-state index contributed by atoms with van der Waals surface area (Å²) < 4.78 is 7.78. The minimum Gasteiger partial charge on any atom is -0.461 e. The Bertz CT molecular complexity index is 1280. The highest BCUT2D eigenvalue weighted by Gasteiger charge is 2.18. The Morgan fingerprint density at radius 3 is 2.37 bits per heavy atom. The summed E-state index contributed by atoms with van der Waals surface area (Å²) in [6, 6.07) is 26.9. The molecule has 178 valence electrons. The van der Waals surface area contributed by atoms with E-state index in [1.54, 1.807) is 29.8 Å². The Hall–Kier alpha value is -3.71. The molecule has 0 atom stereocenters. The Balaban J connectivity index is 1.49. The van der Waals surface area contributed by atoms with Gasteiger partial charge >= 0.3 is 5.97 Å². The lowest BCUT2D eigenvalue weighted by molar-refractivity contribution is 0.0518. The van der Waals surface area contributed by atoms with E-state index in [0.717, 1.165) is 34.3 Å². The fraction of sp³-hybridized carbons (Fsp3) is 0.179.